The number of nitrogens with zero attached hydrogens (tertiary/aromatic N) is 3. The summed E-state index contributed by atoms with van der Waals surface area (Å²) in [5.74, 6) is 0.217. The lowest BCUT2D eigenvalue weighted by atomic mass is 9.96. The number of amidine groups is 1. The summed E-state index contributed by atoms with van der Waals surface area (Å²) < 4.78 is 0. The third kappa shape index (κ3) is 3.14. The molecule has 0 aromatic carbocycles. The minimum Gasteiger partial charge on any atom is -0.359 e. The number of carbonyl (C=O) groups is 1. The van der Waals surface area contributed by atoms with Crippen molar-refractivity contribution < 1.29 is 4.79 Å². The standard InChI is InChI=1S/C10H16N4OS/c1-12-9(15)8-3-5-14(6-4-8)10(16-2)13-7-11/h8H,3-6H2,1-2H3,(H,12,15). The SMILES string of the molecule is CNC(=O)C1CCN(C(=NC#N)SC)CC1. The maximum Gasteiger partial charge on any atom is 0.222 e. The van der Waals surface area contributed by atoms with Crippen molar-refractivity contribution in [3.63, 3.8) is 0 Å². The van der Waals surface area contributed by atoms with E-state index in [2.05, 4.69) is 15.2 Å². The Kier molecular flexibility index (Phi) is 5.12. The fourth-order valence-electron chi connectivity index (χ4n) is 1.83. The molecule has 1 fully saturated rings. The molecule has 1 aliphatic heterocycles. The molecule has 1 amide bonds. The number of carbonyl (C=O) groups excluding carboxylic acids is 1. The largest absolute Gasteiger partial charge is 0.359 e. The Hall–Kier alpha value is -1.22. The maximum atomic E-state index is 11.4. The summed E-state index contributed by atoms with van der Waals surface area (Å²) in [6.45, 7) is 1.58. The highest BCUT2D eigenvalue weighted by Crippen LogP contribution is 2.19. The van der Waals surface area contributed by atoms with E-state index in [1.807, 2.05) is 12.4 Å². The van der Waals surface area contributed by atoms with E-state index in [1.54, 1.807) is 7.05 Å². The lowest BCUT2D eigenvalue weighted by molar-refractivity contribution is -0.125. The van der Waals surface area contributed by atoms with Crippen molar-refractivity contribution >= 4 is 22.8 Å². The van der Waals surface area contributed by atoms with Gasteiger partial charge in [-0.2, -0.15) is 5.26 Å². The molecule has 16 heavy (non-hydrogen) atoms. The number of amides is 1. The Morgan fingerprint density at radius 3 is 2.62 bits per heavy atom. The zero-order chi connectivity index (χ0) is 12.0. The predicted molar refractivity (Wildman–Crippen MR) is 64.9 cm³/mol. The van der Waals surface area contributed by atoms with Gasteiger partial charge in [0.05, 0.1) is 0 Å². The Morgan fingerprint density at radius 2 is 2.19 bits per heavy atom. The van der Waals surface area contributed by atoms with E-state index in [9.17, 15) is 4.79 Å². The van der Waals surface area contributed by atoms with Gasteiger partial charge in [-0.05, 0) is 19.1 Å². The van der Waals surface area contributed by atoms with Crippen LogP contribution in [0.25, 0.3) is 0 Å². The maximum absolute atomic E-state index is 11.4. The van der Waals surface area contributed by atoms with E-state index in [0.29, 0.717) is 0 Å². The summed E-state index contributed by atoms with van der Waals surface area (Å²) in [4.78, 5) is 17.3. The highest BCUT2D eigenvalue weighted by Gasteiger charge is 2.25. The third-order valence-electron chi connectivity index (χ3n) is 2.71. The van der Waals surface area contributed by atoms with E-state index >= 15 is 0 Å². The number of nitriles is 1. The van der Waals surface area contributed by atoms with Gasteiger partial charge in [-0.15, -0.1) is 4.99 Å². The van der Waals surface area contributed by atoms with Crippen LogP contribution in [0.1, 0.15) is 12.8 Å². The highest BCUT2D eigenvalue weighted by atomic mass is 32.2. The molecular formula is C10H16N4OS. The van der Waals surface area contributed by atoms with Crippen LogP contribution in [-0.2, 0) is 4.79 Å². The number of hydrogen-bond acceptors (Lipinski definition) is 4. The molecule has 5 nitrogen and oxygen atoms in total. The number of rotatable bonds is 1. The molecule has 0 spiro atoms. The van der Waals surface area contributed by atoms with Gasteiger partial charge in [0.2, 0.25) is 12.1 Å². The van der Waals surface area contributed by atoms with Gasteiger partial charge < -0.3 is 10.2 Å². The average Bonchev–Trinajstić information content (AvgIpc) is 2.35. The number of hydrogen-bond donors (Lipinski definition) is 1. The van der Waals surface area contributed by atoms with Crippen LogP contribution in [-0.4, -0.2) is 42.4 Å². The van der Waals surface area contributed by atoms with E-state index in [4.69, 9.17) is 5.26 Å². The highest BCUT2D eigenvalue weighted by molar-refractivity contribution is 8.13. The van der Waals surface area contributed by atoms with Crippen molar-refractivity contribution in [1.82, 2.24) is 10.2 Å². The predicted octanol–water partition coefficient (Wildman–Crippen LogP) is 0.644. The Bertz CT molecular complexity index is 315. The van der Waals surface area contributed by atoms with Crippen molar-refractivity contribution in [2.75, 3.05) is 26.4 Å². The molecule has 0 bridgehead atoms. The average molecular weight is 240 g/mol. The number of nitrogens with one attached hydrogen (secondary N) is 1. The first-order valence-electron chi connectivity index (χ1n) is 5.20. The Labute approximate surface area is 99.9 Å². The number of aliphatic imine (C=N–C) groups is 1. The van der Waals surface area contributed by atoms with Crippen LogP contribution >= 0.6 is 11.8 Å². The van der Waals surface area contributed by atoms with E-state index in [0.717, 1.165) is 31.1 Å². The lowest BCUT2D eigenvalue weighted by Crippen LogP contribution is -2.41. The van der Waals surface area contributed by atoms with Crippen LogP contribution in [0.5, 0.6) is 0 Å². The van der Waals surface area contributed by atoms with Crippen LogP contribution in [0.3, 0.4) is 0 Å². The molecule has 0 aromatic heterocycles. The lowest BCUT2D eigenvalue weighted by Gasteiger charge is -2.32. The van der Waals surface area contributed by atoms with Crippen LogP contribution in [0.2, 0.25) is 0 Å². The summed E-state index contributed by atoms with van der Waals surface area (Å²) in [5, 5.41) is 12.0. The Balaban J connectivity index is 2.52. The molecule has 6 heteroatoms. The van der Waals surface area contributed by atoms with Crippen LogP contribution in [0.15, 0.2) is 4.99 Å². The van der Waals surface area contributed by atoms with Gasteiger partial charge in [0, 0.05) is 26.1 Å². The number of piperidine rings is 1. The molecule has 0 unspecified atom stereocenters. The first kappa shape index (κ1) is 12.8. The molecule has 0 aromatic rings. The van der Waals surface area contributed by atoms with Gasteiger partial charge in [-0.1, -0.05) is 11.8 Å². The van der Waals surface area contributed by atoms with Gasteiger partial charge in [-0.3, -0.25) is 4.79 Å². The fourth-order valence-corrected chi connectivity index (χ4v) is 2.40. The molecule has 0 aliphatic carbocycles. The van der Waals surface area contributed by atoms with Crippen LogP contribution in [0.4, 0.5) is 0 Å². The zero-order valence-electron chi connectivity index (χ0n) is 9.56. The van der Waals surface area contributed by atoms with Gasteiger partial charge in [0.15, 0.2) is 5.17 Å². The topological polar surface area (TPSA) is 68.5 Å². The van der Waals surface area contributed by atoms with Gasteiger partial charge in [0.1, 0.15) is 0 Å². The minimum absolute atomic E-state index is 0.103. The monoisotopic (exact) mass is 240 g/mol. The van der Waals surface area contributed by atoms with Gasteiger partial charge in [0.25, 0.3) is 0 Å². The smallest absolute Gasteiger partial charge is 0.222 e. The second-order valence-electron chi connectivity index (χ2n) is 3.57. The van der Waals surface area contributed by atoms with Gasteiger partial charge >= 0.3 is 0 Å². The number of thioether (sulfide) groups is 1. The molecule has 1 saturated heterocycles. The molecule has 0 radical (unpaired) electrons. The first-order valence-corrected chi connectivity index (χ1v) is 6.42. The summed E-state index contributed by atoms with van der Waals surface area (Å²) in [7, 11) is 1.67. The second kappa shape index (κ2) is 6.38. The number of likely N-dealkylation sites (tertiary alicyclic amines) is 1. The van der Waals surface area contributed by atoms with Crippen molar-refractivity contribution in [3.8, 4) is 6.19 Å². The molecule has 1 N–H and O–H groups in total. The Morgan fingerprint density at radius 1 is 1.56 bits per heavy atom. The van der Waals surface area contributed by atoms with Crippen LogP contribution < -0.4 is 5.32 Å². The first-order chi connectivity index (χ1) is 7.72. The minimum atomic E-state index is 0.103. The fraction of sp³-hybridized carbons (Fsp3) is 0.700. The van der Waals surface area contributed by atoms with E-state index < -0.39 is 0 Å². The van der Waals surface area contributed by atoms with Crippen molar-refractivity contribution in [2.24, 2.45) is 10.9 Å². The molecule has 1 heterocycles. The molecule has 0 atom stereocenters. The normalized spacial score (nSPS) is 18.1. The third-order valence-corrected chi connectivity index (χ3v) is 3.43. The zero-order valence-corrected chi connectivity index (χ0v) is 10.4. The summed E-state index contributed by atoms with van der Waals surface area (Å²) in [6.07, 6.45) is 5.36. The summed E-state index contributed by atoms with van der Waals surface area (Å²) >= 11 is 1.47. The van der Waals surface area contributed by atoms with Crippen molar-refractivity contribution in [2.45, 2.75) is 12.8 Å². The van der Waals surface area contributed by atoms with Crippen LogP contribution in [0, 0.1) is 17.4 Å². The summed E-state index contributed by atoms with van der Waals surface area (Å²) in [5.41, 5.74) is 0. The van der Waals surface area contributed by atoms with E-state index in [-0.39, 0.29) is 11.8 Å². The quantitative estimate of drug-likeness (QED) is 0.415. The molecular weight excluding hydrogens is 224 g/mol. The molecule has 88 valence electrons. The molecule has 0 saturated carbocycles. The van der Waals surface area contributed by atoms with Crippen molar-refractivity contribution in [1.29, 1.82) is 5.26 Å². The molecule has 1 rings (SSSR count). The van der Waals surface area contributed by atoms with Crippen molar-refractivity contribution in [3.05, 3.63) is 0 Å². The van der Waals surface area contributed by atoms with Gasteiger partial charge in [-0.25, -0.2) is 0 Å². The van der Waals surface area contributed by atoms with E-state index in [1.165, 1.54) is 11.8 Å². The summed E-state index contributed by atoms with van der Waals surface area (Å²) in [6, 6.07) is 0. The molecule has 1 aliphatic rings. The second-order valence-corrected chi connectivity index (χ2v) is 4.35.